The van der Waals surface area contributed by atoms with Gasteiger partial charge in [-0.25, -0.2) is 0 Å². The van der Waals surface area contributed by atoms with Gasteiger partial charge in [0.25, 0.3) is 11.8 Å². The average Bonchev–Trinajstić information content (AvgIpc) is 2.75. The Morgan fingerprint density at radius 2 is 1.61 bits per heavy atom. The summed E-state index contributed by atoms with van der Waals surface area (Å²) in [5, 5.41) is 5.58. The number of rotatable bonds is 8. The van der Waals surface area contributed by atoms with Crippen molar-refractivity contribution < 1.29 is 23.9 Å². The SMILES string of the molecule is COc1ccc(C(=O)NCC(=O)OCC(=O)N[C@H](C)C23CC4CC(CC(C4)C2)C3)cc1. The number of amides is 2. The molecule has 7 nitrogen and oxygen atoms in total. The molecule has 31 heavy (non-hydrogen) atoms. The quantitative estimate of drug-likeness (QED) is 0.621. The monoisotopic (exact) mass is 428 g/mol. The highest BCUT2D eigenvalue weighted by Crippen LogP contribution is 2.61. The predicted molar refractivity (Wildman–Crippen MR) is 114 cm³/mol. The summed E-state index contributed by atoms with van der Waals surface area (Å²) in [6.45, 7) is 1.48. The second-order valence-corrected chi connectivity index (χ2v) is 9.64. The van der Waals surface area contributed by atoms with E-state index in [1.165, 1.54) is 38.5 Å². The molecule has 7 heteroatoms. The van der Waals surface area contributed by atoms with Crippen LogP contribution in [0.4, 0.5) is 0 Å². The lowest BCUT2D eigenvalue weighted by atomic mass is 9.48. The molecule has 4 aliphatic rings. The molecule has 0 radical (unpaired) electrons. The van der Waals surface area contributed by atoms with Gasteiger partial charge in [-0.2, -0.15) is 0 Å². The lowest BCUT2D eigenvalue weighted by Crippen LogP contribution is -2.56. The number of ether oxygens (including phenoxy) is 2. The maximum absolute atomic E-state index is 12.4. The van der Waals surface area contributed by atoms with Crippen LogP contribution in [0.15, 0.2) is 24.3 Å². The minimum atomic E-state index is -0.639. The maximum Gasteiger partial charge on any atom is 0.325 e. The van der Waals surface area contributed by atoms with Gasteiger partial charge in [0, 0.05) is 11.6 Å². The van der Waals surface area contributed by atoms with Crippen molar-refractivity contribution in [2.45, 2.75) is 51.5 Å². The zero-order valence-electron chi connectivity index (χ0n) is 18.3. The van der Waals surface area contributed by atoms with E-state index in [1.54, 1.807) is 31.4 Å². The van der Waals surface area contributed by atoms with Crippen LogP contribution < -0.4 is 15.4 Å². The molecule has 168 valence electrons. The predicted octanol–water partition coefficient (Wildman–Crippen LogP) is 2.69. The molecule has 1 atom stereocenters. The lowest BCUT2D eigenvalue weighted by molar-refractivity contribution is -0.148. The molecule has 0 spiro atoms. The third kappa shape index (κ3) is 4.86. The minimum absolute atomic E-state index is 0.0851. The highest BCUT2D eigenvalue weighted by atomic mass is 16.5. The molecule has 4 fully saturated rings. The number of nitrogens with one attached hydrogen (secondary N) is 2. The van der Waals surface area contributed by atoms with Crippen molar-refractivity contribution in [3.8, 4) is 5.75 Å². The average molecular weight is 429 g/mol. The van der Waals surface area contributed by atoms with Gasteiger partial charge in [-0.1, -0.05) is 0 Å². The van der Waals surface area contributed by atoms with Gasteiger partial charge >= 0.3 is 5.97 Å². The molecule has 4 saturated carbocycles. The Hall–Kier alpha value is -2.57. The minimum Gasteiger partial charge on any atom is -0.497 e. The topological polar surface area (TPSA) is 93.7 Å². The van der Waals surface area contributed by atoms with Crippen molar-refractivity contribution in [1.82, 2.24) is 10.6 Å². The first-order valence-corrected chi connectivity index (χ1v) is 11.2. The van der Waals surface area contributed by atoms with Gasteiger partial charge in [-0.05, 0) is 92.9 Å². The molecule has 0 aliphatic heterocycles. The van der Waals surface area contributed by atoms with E-state index in [2.05, 4.69) is 17.6 Å². The Morgan fingerprint density at radius 1 is 1.03 bits per heavy atom. The number of hydrogen-bond donors (Lipinski definition) is 2. The summed E-state index contributed by atoms with van der Waals surface area (Å²) >= 11 is 0. The second kappa shape index (κ2) is 8.89. The summed E-state index contributed by atoms with van der Waals surface area (Å²) in [5.74, 6) is 1.79. The Balaban J connectivity index is 1.19. The first-order valence-electron chi connectivity index (χ1n) is 11.2. The van der Waals surface area contributed by atoms with Crippen LogP contribution in [0.25, 0.3) is 0 Å². The molecule has 0 unspecified atom stereocenters. The van der Waals surface area contributed by atoms with Crippen molar-refractivity contribution in [2.24, 2.45) is 23.2 Å². The van der Waals surface area contributed by atoms with Crippen LogP contribution in [-0.4, -0.2) is 44.1 Å². The van der Waals surface area contributed by atoms with E-state index in [4.69, 9.17) is 9.47 Å². The molecule has 2 N–H and O–H groups in total. The summed E-state index contributed by atoms with van der Waals surface area (Å²) in [6.07, 6.45) is 7.70. The third-order valence-corrected chi connectivity index (χ3v) is 7.49. The second-order valence-electron chi connectivity index (χ2n) is 9.64. The van der Waals surface area contributed by atoms with E-state index in [0.717, 1.165) is 17.8 Å². The van der Waals surface area contributed by atoms with E-state index >= 15 is 0 Å². The molecule has 1 aromatic rings. The summed E-state index contributed by atoms with van der Waals surface area (Å²) in [7, 11) is 1.55. The molecular weight excluding hydrogens is 396 g/mol. The fourth-order valence-electron chi connectivity index (χ4n) is 6.34. The Labute approximate surface area is 183 Å². The van der Waals surface area contributed by atoms with Crippen LogP contribution in [0.5, 0.6) is 5.75 Å². The van der Waals surface area contributed by atoms with Crippen molar-refractivity contribution in [1.29, 1.82) is 0 Å². The molecule has 2 amide bonds. The summed E-state index contributed by atoms with van der Waals surface area (Å²) < 4.78 is 10.1. The summed E-state index contributed by atoms with van der Waals surface area (Å²) in [6, 6.07) is 6.64. The highest BCUT2D eigenvalue weighted by Gasteiger charge is 2.53. The van der Waals surface area contributed by atoms with Crippen LogP contribution in [-0.2, 0) is 14.3 Å². The molecule has 0 aromatic heterocycles. The maximum atomic E-state index is 12.4. The molecule has 0 saturated heterocycles. The number of carbonyl (C=O) groups is 3. The van der Waals surface area contributed by atoms with Gasteiger partial charge in [0.05, 0.1) is 7.11 Å². The van der Waals surface area contributed by atoms with Crippen molar-refractivity contribution in [3.05, 3.63) is 29.8 Å². The molecule has 1 aromatic carbocycles. The fourth-order valence-corrected chi connectivity index (χ4v) is 6.34. The van der Waals surface area contributed by atoms with Gasteiger partial charge in [-0.3, -0.25) is 14.4 Å². The van der Waals surface area contributed by atoms with Crippen LogP contribution >= 0.6 is 0 Å². The van der Waals surface area contributed by atoms with Gasteiger partial charge < -0.3 is 20.1 Å². The van der Waals surface area contributed by atoms with Crippen molar-refractivity contribution in [3.63, 3.8) is 0 Å². The van der Waals surface area contributed by atoms with Crippen LogP contribution in [0.1, 0.15) is 55.8 Å². The number of benzene rings is 1. The molecule has 4 bridgehead atoms. The van der Waals surface area contributed by atoms with E-state index in [-0.39, 0.29) is 36.4 Å². The van der Waals surface area contributed by atoms with Crippen LogP contribution in [0.3, 0.4) is 0 Å². The van der Waals surface area contributed by atoms with Crippen molar-refractivity contribution >= 4 is 17.8 Å². The van der Waals surface area contributed by atoms with E-state index in [0.29, 0.717) is 11.3 Å². The number of hydrogen-bond acceptors (Lipinski definition) is 5. The van der Waals surface area contributed by atoms with Gasteiger partial charge in [-0.15, -0.1) is 0 Å². The van der Waals surface area contributed by atoms with Gasteiger partial charge in [0.1, 0.15) is 12.3 Å². The van der Waals surface area contributed by atoms with E-state index < -0.39 is 5.97 Å². The first-order chi connectivity index (χ1) is 14.9. The van der Waals surface area contributed by atoms with E-state index in [1.807, 2.05) is 0 Å². The Bertz CT molecular complexity index is 800. The number of carbonyl (C=O) groups excluding carboxylic acids is 3. The normalized spacial score (nSPS) is 29.2. The lowest BCUT2D eigenvalue weighted by Gasteiger charge is -2.59. The van der Waals surface area contributed by atoms with E-state index in [9.17, 15) is 14.4 Å². The summed E-state index contributed by atoms with van der Waals surface area (Å²) in [5.41, 5.74) is 0.622. The van der Waals surface area contributed by atoms with Crippen molar-refractivity contribution in [2.75, 3.05) is 20.3 Å². The molecular formula is C24H32N2O5. The number of esters is 1. The Kier molecular flexibility index (Phi) is 6.21. The van der Waals surface area contributed by atoms with Gasteiger partial charge in [0.15, 0.2) is 6.61 Å². The largest absolute Gasteiger partial charge is 0.497 e. The highest BCUT2D eigenvalue weighted by molar-refractivity contribution is 5.96. The fraction of sp³-hybridized carbons (Fsp3) is 0.625. The van der Waals surface area contributed by atoms with Crippen LogP contribution in [0, 0.1) is 23.2 Å². The molecule has 4 aliphatic carbocycles. The zero-order chi connectivity index (χ0) is 22.0. The molecule has 5 rings (SSSR count). The standard InChI is InChI=1S/C24H32N2O5/c1-15(24-10-16-7-17(11-24)9-18(8-16)12-24)26-21(27)14-31-22(28)13-25-23(29)19-3-5-20(30-2)6-4-19/h3-6,15-18H,7-14H2,1-2H3,(H,25,29)(H,26,27)/t15-,16?,17?,18?,24?/m1/s1. The number of methoxy groups -OCH3 is 1. The van der Waals surface area contributed by atoms with Gasteiger partial charge in [0.2, 0.25) is 0 Å². The summed E-state index contributed by atoms with van der Waals surface area (Å²) in [4.78, 5) is 36.4. The molecule has 0 heterocycles. The van der Waals surface area contributed by atoms with Crippen LogP contribution in [0.2, 0.25) is 0 Å². The third-order valence-electron chi connectivity index (χ3n) is 7.49. The first kappa shape index (κ1) is 21.7. The zero-order valence-corrected chi connectivity index (χ0v) is 18.3. The smallest absolute Gasteiger partial charge is 0.325 e. The Morgan fingerprint density at radius 3 is 2.16 bits per heavy atom.